The van der Waals surface area contributed by atoms with Crippen LogP contribution in [0.2, 0.25) is 6.04 Å². The van der Waals surface area contributed by atoms with Crippen molar-refractivity contribution >= 4 is 8.80 Å². The first kappa shape index (κ1) is 20.9. The Balaban J connectivity index is 4.39. The predicted molar refractivity (Wildman–Crippen MR) is 78.8 cm³/mol. The summed E-state index contributed by atoms with van der Waals surface area (Å²) >= 11 is 0. The van der Waals surface area contributed by atoms with Crippen molar-refractivity contribution in [2.24, 2.45) is 0 Å². The highest BCUT2D eigenvalue weighted by atomic mass is 28.4. The van der Waals surface area contributed by atoms with E-state index in [0.717, 1.165) is 0 Å². The van der Waals surface area contributed by atoms with Crippen LogP contribution in [-0.4, -0.2) is 101 Å². The smallest absolute Gasteiger partial charge is 0.394 e. The Kier molecular flexibility index (Phi) is 11.4. The topological polar surface area (TPSA) is 112 Å². The van der Waals surface area contributed by atoms with Gasteiger partial charge in [0.05, 0.1) is 25.4 Å². The van der Waals surface area contributed by atoms with Gasteiger partial charge in [0.2, 0.25) is 0 Å². The van der Waals surface area contributed by atoms with Crippen LogP contribution in [0.1, 0.15) is 6.42 Å². The van der Waals surface area contributed by atoms with Crippen molar-refractivity contribution in [3.63, 3.8) is 0 Å². The molecule has 2 atom stereocenters. The average Bonchev–Trinajstić information content (AvgIpc) is 2.51. The Bertz CT molecular complexity index is 235. The molecular weight excluding hydrogens is 298 g/mol. The van der Waals surface area contributed by atoms with Crippen LogP contribution >= 0.6 is 0 Å². The molecule has 0 amide bonds. The molecule has 2 unspecified atom stereocenters. The van der Waals surface area contributed by atoms with Gasteiger partial charge in [-0.3, -0.25) is 4.90 Å². The predicted octanol–water partition coefficient (Wildman–Crippen LogP) is -1.74. The lowest BCUT2D eigenvalue weighted by atomic mass is 10.2. The van der Waals surface area contributed by atoms with Crippen LogP contribution in [0.25, 0.3) is 0 Å². The van der Waals surface area contributed by atoms with Crippen molar-refractivity contribution in [1.29, 1.82) is 0 Å². The molecule has 0 spiro atoms. The van der Waals surface area contributed by atoms with Crippen LogP contribution in [-0.2, 0) is 13.3 Å². The van der Waals surface area contributed by atoms with Crippen LogP contribution in [0.5, 0.6) is 0 Å². The molecule has 4 N–H and O–H groups in total. The van der Waals surface area contributed by atoms with Gasteiger partial charge in [0.1, 0.15) is 0 Å². The standard InChI is InChI=1S/C12H29NO7Si/c1-18-21(19-2,20-3)6-4-5-13(7-11(16)9-14)8-12(17)10-15/h11-12,14-17H,4-10H2,1-3H3. The minimum absolute atomic E-state index is 0.217. The summed E-state index contributed by atoms with van der Waals surface area (Å²) in [5.74, 6) is 0. The zero-order chi connectivity index (χ0) is 16.3. The maximum atomic E-state index is 9.51. The van der Waals surface area contributed by atoms with Crippen LogP contribution < -0.4 is 0 Å². The summed E-state index contributed by atoms with van der Waals surface area (Å²) < 4.78 is 16.0. The molecule has 0 aromatic carbocycles. The molecule has 0 aliphatic carbocycles. The van der Waals surface area contributed by atoms with E-state index in [9.17, 15) is 10.2 Å². The van der Waals surface area contributed by atoms with Crippen LogP contribution in [0.15, 0.2) is 0 Å². The van der Waals surface area contributed by atoms with Gasteiger partial charge < -0.3 is 33.7 Å². The van der Waals surface area contributed by atoms with Crippen molar-refractivity contribution < 1.29 is 33.7 Å². The van der Waals surface area contributed by atoms with Gasteiger partial charge in [0, 0.05) is 40.5 Å². The molecule has 0 rings (SSSR count). The highest BCUT2D eigenvalue weighted by Crippen LogP contribution is 2.15. The lowest BCUT2D eigenvalue weighted by molar-refractivity contribution is 0.0228. The van der Waals surface area contributed by atoms with Crippen molar-refractivity contribution in [1.82, 2.24) is 4.90 Å². The summed E-state index contributed by atoms with van der Waals surface area (Å²) in [6.07, 6.45) is -1.09. The summed E-state index contributed by atoms with van der Waals surface area (Å²) in [5.41, 5.74) is 0. The van der Waals surface area contributed by atoms with E-state index < -0.39 is 21.0 Å². The Morgan fingerprint density at radius 1 is 0.905 bits per heavy atom. The number of nitrogens with zero attached hydrogens (tertiary/aromatic N) is 1. The minimum Gasteiger partial charge on any atom is -0.394 e. The maximum absolute atomic E-state index is 9.51. The third kappa shape index (κ3) is 8.19. The van der Waals surface area contributed by atoms with Gasteiger partial charge in [-0.15, -0.1) is 0 Å². The fraction of sp³-hybridized carbons (Fsp3) is 1.00. The summed E-state index contributed by atoms with van der Waals surface area (Å²) in [4.78, 5) is 1.78. The number of hydrogen-bond donors (Lipinski definition) is 4. The lowest BCUT2D eigenvalue weighted by Crippen LogP contribution is -2.44. The SMILES string of the molecule is CO[Si](CCCN(CC(O)CO)CC(O)CO)(OC)OC. The fourth-order valence-corrected chi connectivity index (χ4v) is 3.75. The van der Waals surface area contributed by atoms with E-state index in [2.05, 4.69) is 0 Å². The number of aliphatic hydroxyl groups excluding tert-OH is 4. The van der Waals surface area contributed by atoms with Gasteiger partial charge in [-0.25, -0.2) is 0 Å². The van der Waals surface area contributed by atoms with Crippen molar-refractivity contribution in [2.75, 3.05) is 54.2 Å². The number of hydrogen-bond acceptors (Lipinski definition) is 8. The van der Waals surface area contributed by atoms with Crippen molar-refractivity contribution in [3.05, 3.63) is 0 Å². The fourth-order valence-electron chi connectivity index (χ4n) is 2.04. The molecule has 128 valence electrons. The van der Waals surface area contributed by atoms with E-state index in [1.807, 2.05) is 0 Å². The highest BCUT2D eigenvalue weighted by molar-refractivity contribution is 6.60. The van der Waals surface area contributed by atoms with Gasteiger partial charge in [-0.2, -0.15) is 0 Å². The number of rotatable bonds is 13. The minimum atomic E-state index is -2.63. The summed E-state index contributed by atoms with van der Waals surface area (Å²) in [6, 6.07) is 0.595. The molecular formula is C12H29NO7Si. The second-order valence-electron chi connectivity index (χ2n) is 4.83. The normalized spacial score (nSPS) is 15.4. The molecule has 0 aromatic rings. The lowest BCUT2D eigenvalue weighted by Gasteiger charge is -2.28. The summed E-state index contributed by atoms with van der Waals surface area (Å²) in [5, 5.41) is 36.8. The third-order valence-corrected chi connectivity index (χ3v) is 6.08. The Labute approximate surface area is 127 Å². The first-order chi connectivity index (χ1) is 9.96. The van der Waals surface area contributed by atoms with E-state index in [1.165, 1.54) is 0 Å². The molecule has 9 heteroatoms. The molecule has 0 bridgehead atoms. The molecule has 0 radical (unpaired) electrons. The summed E-state index contributed by atoms with van der Waals surface area (Å²) in [6.45, 7) is 0.292. The Hall–Kier alpha value is -0.103. The maximum Gasteiger partial charge on any atom is 0.500 e. The van der Waals surface area contributed by atoms with Gasteiger partial charge in [0.25, 0.3) is 0 Å². The molecule has 8 nitrogen and oxygen atoms in total. The van der Waals surface area contributed by atoms with Crippen LogP contribution in [0, 0.1) is 0 Å². The Morgan fingerprint density at radius 2 is 1.33 bits per heavy atom. The van der Waals surface area contributed by atoms with Crippen LogP contribution in [0.4, 0.5) is 0 Å². The zero-order valence-corrected chi connectivity index (χ0v) is 14.1. The third-order valence-electron chi connectivity index (χ3n) is 3.25. The van der Waals surface area contributed by atoms with E-state index >= 15 is 0 Å². The first-order valence-electron chi connectivity index (χ1n) is 6.92. The summed E-state index contributed by atoms with van der Waals surface area (Å²) in [7, 11) is 2.00. The Morgan fingerprint density at radius 3 is 1.67 bits per heavy atom. The second-order valence-corrected chi connectivity index (χ2v) is 7.92. The van der Waals surface area contributed by atoms with E-state index in [4.69, 9.17) is 23.5 Å². The molecule has 0 heterocycles. The second kappa shape index (κ2) is 11.5. The van der Waals surface area contributed by atoms with E-state index in [-0.39, 0.29) is 26.3 Å². The van der Waals surface area contributed by atoms with E-state index in [1.54, 1.807) is 26.2 Å². The van der Waals surface area contributed by atoms with Gasteiger partial charge in [-0.1, -0.05) is 0 Å². The van der Waals surface area contributed by atoms with Crippen LogP contribution in [0.3, 0.4) is 0 Å². The highest BCUT2D eigenvalue weighted by Gasteiger charge is 2.37. The molecule has 21 heavy (non-hydrogen) atoms. The molecule has 0 aromatic heterocycles. The first-order valence-corrected chi connectivity index (χ1v) is 8.85. The molecule has 0 aliphatic heterocycles. The largest absolute Gasteiger partial charge is 0.500 e. The van der Waals surface area contributed by atoms with Gasteiger partial charge in [0.15, 0.2) is 0 Å². The molecule has 0 saturated carbocycles. The number of aliphatic hydroxyl groups is 4. The molecule has 0 saturated heterocycles. The average molecular weight is 327 g/mol. The zero-order valence-electron chi connectivity index (χ0n) is 13.1. The van der Waals surface area contributed by atoms with Gasteiger partial charge in [-0.05, 0) is 13.0 Å². The monoisotopic (exact) mass is 327 g/mol. The quantitative estimate of drug-likeness (QED) is 0.295. The molecule has 0 fully saturated rings. The van der Waals surface area contributed by atoms with E-state index in [0.29, 0.717) is 19.0 Å². The molecule has 0 aliphatic rings. The van der Waals surface area contributed by atoms with Gasteiger partial charge >= 0.3 is 8.80 Å². The van der Waals surface area contributed by atoms with Crippen molar-refractivity contribution in [2.45, 2.75) is 24.7 Å². The van der Waals surface area contributed by atoms with Crippen molar-refractivity contribution in [3.8, 4) is 0 Å².